The largest absolute Gasteiger partial charge is 0.350 e. The number of nitrogens with zero attached hydrogens (tertiary/aromatic N) is 3. The predicted molar refractivity (Wildman–Crippen MR) is 71.1 cm³/mol. The SMILES string of the molecule is Cn1nccc1CCNC(=O)c1nc(Br)ccc1F. The number of hydrogen-bond donors (Lipinski definition) is 1. The highest BCUT2D eigenvalue weighted by Gasteiger charge is 2.13. The monoisotopic (exact) mass is 326 g/mol. The van der Waals surface area contributed by atoms with E-state index in [1.807, 2.05) is 13.1 Å². The molecule has 0 bridgehead atoms. The van der Waals surface area contributed by atoms with E-state index in [0.29, 0.717) is 17.6 Å². The third kappa shape index (κ3) is 3.37. The molecule has 7 heteroatoms. The van der Waals surface area contributed by atoms with E-state index in [0.717, 1.165) is 5.69 Å². The molecule has 0 radical (unpaired) electrons. The van der Waals surface area contributed by atoms with Gasteiger partial charge in [-0.2, -0.15) is 5.10 Å². The Bertz CT molecular complexity index is 599. The van der Waals surface area contributed by atoms with Gasteiger partial charge in [-0.1, -0.05) is 0 Å². The van der Waals surface area contributed by atoms with Gasteiger partial charge in [0, 0.05) is 31.9 Å². The van der Waals surface area contributed by atoms with Gasteiger partial charge in [-0.3, -0.25) is 9.48 Å². The molecule has 1 amide bonds. The molecule has 0 spiro atoms. The zero-order valence-corrected chi connectivity index (χ0v) is 11.8. The lowest BCUT2D eigenvalue weighted by atomic mass is 10.3. The molecule has 2 aromatic heterocycles. The van der Waals surface area contributed by atoms with Crippen molar-refractivity contribution in [3.8, 4) is 0 Å². The van der Waals surface area contributed by atoms with Crippen LogP contribution < -0.4 is 5.32 Å². The minimum atomic E-state index is -0.638. The third-order valence-corrected chi connectivity index (χ3v) is 3.06. The zero-order valence-electron chi connectivity index (χ0n) is 10.2. The van der Waals surface area contributed by atoms with Crippen LogP contribution in [0, 0.1) is 5.82 Å². The average molecular weight is 327 g/mol. The maximum Gasteiger partial charge on any atom is 0.272 e. The van der Waals surface area contributed by atoms with Crippen LogP contribution in [0.4, 0.5) is 4.39 Å². The standard InChI is InChI=1S/C12H12BrFN4O/c1-18-8(5-7-16-18)4-6-15-12(19)11-9(14)2-3-10(13)17-11/h2-3,5,7H,4,6H2,1H3,(H,15,19). The highest BCUT2D eigenvalue weighted by atomic mass is 79.9. The number of nitrogens with one attached hydrogen (secondary N) is 1. The zero-order chi connectivity index (χ0) is 13.8. The summed E-state index contributed by atoms with van der Waals surface area (Å²) in [6, 6.07) is 4.51. The summed E-state index contributed by atoms with van der Waals surface area (Å²) < 4.78 is 15.6. The molecule has 0 atom stereocenters. The van der Waals surface area contributed by atoms with Crippen molar-refractivity contribution in [2.45, 2.75) is 6.42 Å². The van der Waals surface area contributed by atoms with E-state index in [9.17, 15) is 9.18 Å². The number of aryl methyl sites for hydroxylation is 1. The first-order valence-electron chi connectivity index (χ1n) is 5.65. The summed E-state index contributed by atoms with van der Waals surface area (Å²) in [5, 5.41) is 6.65. The number of hydrogen-bond acceptors (Lipinski definition) is 3. The fourth-order valence-corrected chi connectivity index (χ4v) is 1.92. The van der Waals surface area contributed by atoms with Crippen molar-refractivity contribution in [3.05, 3.63) is 46.2 Å². The number of halogens is 2. The number of aromatic nitrogens is 3. The van der Waals surface area contributed by atoms with Gasteiger partial charge in [-0.25, -0.2) is 9.37 Å². The van der Waals surface area contributed by atoms with E-state index in [2.05, 4.69) is 31.3 Å². The van der Waals surface area contributed by atoms with E-state index in [1.165, 1.54) is 12.1 Å². The summed E-state index contributed by atoms with van der Waals surface area (Å²) in [4.78, 5) is 15.6. The van der Waals surface area contributed by atoms with Gasteiger partial charge in [0.25, 0.3) is 5.91 Å². The third-order valence-electron chi connectivity index (χ3n) is 2.62. The smallest absolute Gasteiger partial charge is 0.272 e. The molecule has 2 aromatic rings. The number of pyridine rings is 1. The van der Waals surface area contributed by atoms with E-state index in [4.69, 9.17) is 0 Å². The molecule has 0 aliphatic heterocycles. The normalized spacial score (nSPS) is 10.5. The Kier molecular flexibility index (Phi) is 4.26. The Hall–Kier alpha value is -1.76. The van der Waals surface area contributed by atoms with Gasteiger partial charge in [0.15, 0.2) is 11.5 Å². The first kappa shape index (κ1) is 13.7. The van der Waals surface area contributed by atoms with E-state index < -0.39 is 11.7 Å². The van der Waals surface area contributed by atoms with Crippen LogP contribution in [0.1, 0.15) is 16.2 Å². The van der Waals surface area contributed by atoms with Crippen LogP contribution in [0.25, 0.3) is 0 Å². The maximum absolute atomic E-state index is 13.4. The molecule has 2 heterocycles. The average Bonchev–Trinajstić information content (AvgIpc) is 2.78. The van der Waals surface area contributed by atoms with Crippen molar-refractivity contribution in [2.24, 2.45) is 7.05 Å². The number of rotatable bonds is 4. The second-order valence-electron chi connectivity index (χ2n) is 3.92. The van der Waals surface area contributed by atoms with Crippen molar-refractivity contribution < 1.29 is 9.18 Å². The molecule has 0 unspecified atom stereocenters. The Labute approximate surface area is 118 Å². The first-order chi connectivity index (χ1) is 9.08. The van der Waals surface area contributed by atoms with Crippen LogP contribution in [0.15, 0.2) is 29.0 Å². The minimum Gasteiger partial charge on any atom is -0.350 e. The summed E-state index contributed by atoms with van der Waals surface area (Å²) in [5.74, 6) is -1.16. The van der Waals surface area contributed by atoms with Gasteiger partial charge >= 0.3 is 0 Å². The molecular formula is C12H12BrFN4O. The molecular weight excluding hydrogens is 315 g/mol. The highest BCUT2D eigenvalue weighted by molar-refractivity contribution is 9.10. The highest BCUT2D eigenvalue weighted by Crippen LogP contribution is 2.10. The van der Waals surface area contributed by atoms with Crippen LogP contribution in [-0.2, 0) is 13.5 Å². The number of amides is 1. The van der Waals surface area contributed by atoms with Gasteiger partial charge in [-0.15, -0.1) is 0 Å². The van der Waals surface area contributed by atoms with Crippen LogP contribution in [0.5, 0.6) is 0 Å². The van der Waals surface area contributed by atoms with Crippen molar-refractivity contribution in [1.82, 2.24) is 20.1 Å². The minimum absolute atomic E-state index is 0.209. The van der Waals surface area contributed by atoms with Gasteiger partial charge < -0.3 is 5.32 Å². The van der Waals surface area contributed by atoms with E-state index in [-0.39, 0.29) is 5.69 Å². The maximum atomic E-state index is 13.4. The number of carbonyl (C=O) groups excluding carboxylic acids is 1. The Morgan fingerprint density at radius 3 is 2.95 bits per heavy atom. The van der Waals surface area contributed by atoms with Gasteiger partial charge in [0.1, 0.15) is 4.60 Å². The van der Waals surface area contributed by atoms with E-state index >= 15 is 0 Å². The molecule has 19 heavy (non-hydrogen) atoms. The topological polar surface area (TPSA) is 59.8 Å². The van der Waals surface area contributed by atoms with Crippen LogP contribution >= 0.6 is 15.9 Å². The second kappa shape index (κ2) is 5.92. The second-order valence-corrected chi connectivity index (χ2v) is 4.73. The molecule has 0 saturated carbocycles. The Morgan fingerprint density at radius 2 is 2.26 bits per heavy atom. The fraction of sp³-hybridized carbons (Fsp3) is 0.250. The quantitative estimate of drug-likeness (QED) is 0.870. The Morgan fingerprint density at radius 1 is 1.47 bits per heavy atom. The molecule has 0 fully saturated rings. The lowest BCUT2D eigenvalue weighted by molar-refractivity contribution is 0.0944. The lowest BCUT2D eigenvalue weighted by Crippen LogP contribution is -2.28. The summed E-state index contributed by atoms with van der Waals surface area (Å²) >= 11 is 3.10. The summed E-state index contributed by atoms with van der Waals surface area (Å²) in [5.41, 5.74) is 0.780. The van der Waals surface area contributed by atoms with Crippen LogP contribution in [0.3, 0.4) is 0 Å². The molecule has 5 nitrogen and oxygen atoms in total. The first-order valence-corrected chi connectivity index (χ1v) is 6.44. The van der Waals surface area contributed by atoms with E-state index in [1.54, 1.807) is 10.9 Å². The predicted octanol–water partition coefficient (Wildman–Crippen LogP) is 1.69. The van der Waals surface area contributed by atoms with Crippen molar-refractivity contribution >= 4 is 21.8 Å². The molecule has 0 aromatic carbocycles. The van der Waals surface area contributed by atoms with Crippen LogP contribution in [0.2, 0.25) is 0 Å². The molecule has 1 N–H and O–H groups in total. The molecule has 0 aliphatic carbocycles. The number of carbonyl (C=O) groups is 1. The summed E-state index contributed by atoms with van der Waals surface area (Å²) in [6.07, 6.45) is 2.31. The molecule has 0 saturated heterocycles. The van der Waals surface area contributed by atoms with Gasteiger partial charge in [-0.05, 0) is 34.1 Å². The molecule has 100 valence electrons. The Balaban J connectivity index is 1.94. The lowest BCUT2D eigenvalue weighted by Gasteiger charge is -2.06. The van der Waals surface area contributed by atoms with Crippen molar-refractivity contribution in [3.63, 3.8) is 0 Å². The van der Waals surface area contributed by atoms with Gasteiger partial charge in [0.2, 0.25) is 0 Å². The van der Waals surface area contributed by atoms with Crippen molar-refractivity contribution in [1.29, 1.82) is 0 Å². The van der Waals surface area contributed by atoms with Crippen LogP contribution in [-0.4, -0.2) is 27.2 Å². The summed E-state index contributed by atoms with van der Waals surface area (Å²) in [7, 11) is 1.83. The molecule has 2 rings (SSSR count). The fourth-order valence-electron chi connectivity index (χ4n) is 1.61. The molecule has 0 aliphatic rings. The summed E-state index contributed by atoms with van der Waals surface area (Å²) in [6.45, 7) is 0.395. The van der Waals surface area contributed by atoms with Gasteiger partial charge in [0.05, 0.1) is 0 Å². The van der Waals surface area contributed by atoms with Crippen molar-refractivity contribution in [2.75, 3.05) is 6.54 Å².